The molecule has 0 bridgehead atoms. The van der Waals surface area contributed by atoms with Gasteiger partial charge in [-0.25, -0.2) is 8.78 Å². The molecule has 3 nitrogen and oxygen atoms in total. The first-order valence-corrected chi connectivity index (χ1v) is 5.75. The number of alkyl halides is 2. The summed E-state index contributed by atoms with van der Waals surface area (Å²) in [6.45, 7) is 3.27. The van der Waals surface area contributed by atoms with Gasteiger partial charge in [0.2, 0.25) is 0 Å². The zero-order chi connectivity index (χ0) is 13.7. The smallest absolute Gasteiger partial charge is 0.253 e. The van der Waals surface area contributed by atoms with Crippen LogP contribution in [0.3, 0.4) is 0 Å². The molecular formula is C13H19F2NO2. The summed E-state index contributed by atoms with van der Waals surface area (Å²) < 4.78 is 35.4. The lowest BCUT2D eigenvalue weighted by Gasteiger charge is -2.22. The minimum absolute atomic E-state index is 0.251. The van der Waals surface area contributed by atoms with Crippen LogP contribution in [0.2, 0.25) is 0 Å². The third kappa shape index (κ3) is 3.57. The van der Waals surface area contributed by atoms with E-state index in [-0.39, 0.29) is 6.04 Å². The Bertz CT molecular complexity index is 385. The molecule has 0 saturated carbocycles. The van der Waals surface area contributed by atoms with Gasteiger partial charge in [0.15, 0.2) is 0 Å². The SMILES string of the molecule is COc1ccc(OC)c(C(C)NC(C)C(F)F)c1. The van der Waals surface area contributed by atoms with Crippen molar-refractivity contribution in [2.24, 2.45) is 0 Å². The quantitative estimate of drug-likeness (QED) is 0.852. The number of rotatable bonds is 6. The van der Waals surface area contributed by atoms with Crippen LogP contribution in [-0.2, 0) is 0 Å². The molecule has 5 heteroatoms. The van der Waals surface area contributed by atoms with Crippen LogP contribution in [0, 0.1) is 0 Å². The Kier molecular flexibility index (Phi) is 5.34. The molecule has 1 aromatic carbocycles. The molecule has 0 amide bonds. The Morgan fingerprint density at radius 3 is 2.28 bits per heavy atom. The predicted molar refractivity (Wildman–Crippen MR) is 66.6 cm³/mol. The van der Waals surface area contributed by atoms with Gasteiger partial charge in [0, 0.05) is 11.6 Å². The highest BCUT2D eigenvalue weighted by molar-refractivity contribution is 5.42. The minimum Gasteiger partial charge on any atom is -0.497 e. The van der Waals surface area contributed by atoms with E-state index in [0.717, 1.165) is 5.56 Å². The Morgan fingerprint density at radius 2 is 1.78 bits per heavy atom. The van der Waals surface area contributed by atoms with Gasteiger partial charge in [-0.05, 0) is 32.0 Å². The number of halogens is 2. The summed E-state index contributed by atoms with van der Waals surface area (Å²) in [6.07, 6.45) is -2.40. The van der Waals surface area contributed by atoms with E-state index in [9.17, 15) is 8.78 Å². The van der Waals surface area contributed by atoms with Crippen molar-refractivity contribution in [2.75, 3.05) is 14.2 Å². The summed E-state index contributed by atoms with van der Waals surface area (Å²) in [5, 5.41) is 2.84. The maximum atomic E-state index is 12.5. The molecule has 0 spiro atoms. The van der Waals surface area contributed by atoms with Crippen molar-refractivity contribution in [3.05, 3.63) is 23.8 Å². The molecular weight excluding hydrogens is 240 g/mol. The predicted octanol–water partition coefficient (Wildman–Crippen LogP) is 3.01. The van der Waals surface area contributed by atoms with Gasteiger partial charge < -0.3 is 14.8 Å². The molecule has 0 radical (unpaired) electrons. The first kappa shape index (κ1) is 14.7. The molecule has 0 fully saturated rings. The molecule has 0 saturated heterocycles. The summed E-state index contributed by atoms with van der Waals surface area (Å²) >= 11 is 0. The fourth-order valence-electron chi connectivity index (χ4n) is 1.73. The van der Waals surface area contributed by atoms with Crippen LogP contribution < -0.4 is 14.8 Å². The molecule has 0 aliphatic carbocycles. The lowest BCUT2D eigenvalue weighted by Crippen LogP contribution is -2.34. The van der Waals surface area contributed by atoms with E-state index < -0.39 is 12.5 Å². The van der Waals surface area contributed by atoms with Crippen molar-refractivity contribution >= 4 is 0 Å². The molecule has 1 aromatic rings. The molecule has 0 aliphatic heterocycles. The van der Waals surface area contributed by atoms with E-state index in [1.165, 1.54) is 6.92 Å². The molecule has 0 heterocycles. The number of nitrogens with one attached hydrogen (secondary N) is 1. The number of hydrogen-bond acceptors (Lipinski definition) is 3. The largest absolute Gasteiger partial charge is 0.497 e. The highest BCUT2D eigenvalue weighted by Crippen LogP contribution is 2.29. The van der Waals surface area contributed by atoms with Gasteiger partial charge in [-0.15, -0.1) is 0 Å². The fraction of sp³-hybridized carbons (Fsp3) is 0.538. The van der Waals surface area contributed by atoms with Gasteiger partial charge in [0.1, 0.15) is 11.5 Å². The molecule has 0 aliphatic rings. The van der Waals surface area contributed by atoms with Crippen LogP contribution in [0.15, 0.2) is 18.2 Å². The molecule has 0 aromatic heterocycles. The van der Waals surface area contributed by atoms with Crippen molar-refractivity contribution in [1.82, 2.24) is 5.32 Å². The van der Waals surface area contributed by atoms with E-state index in [0.29, 0.717) is 11.5 Å². The Hall–Kier alpha value is -1.36. The molecule has 1 N–H and O–H groups in total. The second-order valence-electron chi connectivity index (χ2n) is 4.12. The second-order valence-corrected chi connectivity index (χ2v) is 4.12. The van der Waals surface area contributed by atoms with Gasteiger partial charge in [-0.1, -0.05) is 0 Å². The third-order valence-electron chi connectivity index (χ3n) is 2.79. The number of hydrogen-bond donors (Lipinski definition) is 1. The average Bonchev–Trinajstić information content (AvgIpc) is 2.37. The van der Waals surface area contributed by atoms with Crippen LogP contribution in [0.25, 0.3) is 0 Å². The second kappa shape index (κ2) is 6.54. The fourth-order valence-corrected chi connectivity index (χ4v) is 1.73. The molecule has 2 atom stereocenters. The van der Waals surface area contributed by atoms with Crippen LogP contribution >= 0.6 is 0 Å². The summed E-state index contributed by atoms with van der Waals surface area (Å²) in [5.41, 5.74) is 0.796. The normalized spacial score (nSPS) is 14.4. The van der Waals surface area contributed by atoms with Crippen molar-refractivity contribution in [2.45, 2.75) is 32.4 Å². The maximum absolute atomic E-state index is 12.5. The molecule has 102 valence electrons. The van der Waals surface area contributed by atoms with Crippen LogP contribution in [0.4, 0.5) is 8.78 Å². The van der Waals surface area contributed by atoms with Crippen LogP contribution in [-0.4, -0.2) is 26.7 Å². The first-order valence-electron chi connectivity index (χ1n) is 5.75. The third-order valence-corrected chi connectivity index (χ3v) is 2.79. The van der Waals surface area contributed by atoms with Gasteiger partial charge in [-0.3, -0.25) is 0 Å². The number of benzene rings is 1. The van der Waals surface area contributed by atoms with E-state index in [1.54, 1.807) is 32.4 Å². The maximum Gasteiger partial charge on any atom is 0.253 e. The molecule has 2 unspecified atom stereocenters. The standard InChI is InChI=1S/C13H19F2NO2/c1-8(16-9(2)13(14)15)11-7-10(17-3)5-6-12(11)18-4/h5-9,13,16H,1-4H3. The summed E-state index contributed by atoms with van der Waals surface area (Å²) in [5.74, 6) is 1.32. The van der Waals surface area contributed by atoms with Gasteiger partial charge >= 0.3 is 0 Å². The monoisotopic (exact) mass is 259 g/mol. The Labute approximate surface area is 106 Å². The molecule has 18 heavy (non-hydrogen) atoms. The summed E-state index contributed by atoms with van der Waals surface area (Å²) in [7, 11) is 3.11. The highest BCUT2D eigenvalue weighted by Gasteiger charge is 2.20. The van der Waals surface area contributed by atoms with Crippen LogP contribution in [0.5, 0.6) is 11.5 Å². The zero-order valence-electron chi connectivity index (χ0n) is 11.0. The van der Waals surface area contributed by atoms with Crippen LogP contribution in [0.1, 0.15) is 25.5 Å². The van der Waals surface area contributed by atoms with Crippen molar-refractivity contribution in [1.29, 1.82) is 0 Å². The first-order chi connectivity index (χ1) is 8.49. The minimum atomic E-state index is -2.40. The average molecular weight is 259 g/mol. The number of ether oxygens (including phenoxy) is 2. The summed E-state index contributed by atoms with van der Waals surface area (Å²) in [6, 6.07) is 4.19. The Balaban J connectivity index is 2.91. The van der Waals surface area contributed by atoms with E-state index in [2.05, 4.69) is 5.32 Å². The summed E-state index contributed by atoms with van der Waals surface area (Å²) in [4.78, 5) is 0. The van der Waals surface area contributed by atoms with E-state index in [1.807, 2.05) is 6.92 Å². The zero-order valence-corrected chi connectivity index (χ0v) is 11.0. The van der Waals surface area contributed by atoms with Crippen molar-refractivity contribution in [3.63, 3.8) is 0 Å². The lowest BCUT2D eigenvalue weighted by atomic mass is 10.1. The highest BCUT2D eigenvalue weighted by atomic mass is 19.3. The van der Waals surface area contributed by atoms with Gasteiger partial charge in [0.05, 0.1) is 20.3 Å². The number of methoxy groups -OCH3 is 2. The van der Waals surface area contributed by atoms with E-state index in [4.69, 9.17) is 9.47 Å². The van der Waals surface area contributed by atoms with Gasteiger partial charge in [-0.2, -0.15) is 0 Å². The van der Waals surface area contributed by atoms with Crippen molar-refractivity contribution in [3.8, 4) is 11.5 Å². The van der Waals surface area contributed by atoms with Crippen molar-refractivity contribution < 1.29 is 18.3 Å². The lowest BCUT2D eigenvalue weighted by molar-refractivity contribution is 0.101. The van der Waals surface area contributed by atoms with E-state index >= 15 is 0 Å². The topological polar surface area (TPSA) is 30.5 Å². The Morgan fingerprint density at radius 1 is 1.11 bits per heavy atom. The van der Waals surface area contributed by atoms with Gasteiger partial charge in [0.25, 0.3) is 6.43 Å². The molecule has 1 rings (SSSR count).